The van der Waals surface area contributed by atoms with Crippen LogP contribution in [0.3, 0.4) is 0 Å². The van der Waals surface area contributed by atoms with Gasteiger partial charge in [-0.3, -0.25) is 14.5 Å². The van der Waals surface area contributed by atoms with Crippen molar-refractivity contribution in [3.63, 3.8) is 0 Å². The van der Waals surface area contributed by atoms with Crippen LogP contribution < -0.4 is 10.6 Å². The van der Waals surface area contributed by atoms with Crippen LogP contribution in [0.25, 0.3) is 5.69 Å². The van der Waals surface area contributed by atoms with Gasteiger partial charge in [-0.05, 0) is 59.3 Å². The molecule has 0 spiro atoms. The van der Waals surface area contributed by atoms with Crippen LogP contribution in [0.15, 0.2) is 54.9 Å². The van der Waals surface area contributed by atoms with Crippen LogP contribution in [0.4, 0.5) is 14.9 Å². The Bertz CT molecular complexity index is 1120. The molecule has 0 saturated carbocycles. The van der Waals surface area contributed by atoms with Gasteiger partial charge in [0, 0.05) is 5.69 Å². The molecule has 0 unspecified atom stereocenters. The molecule has 11 heteroatoms. The number of carbonyl (C=O) groups excluding carboxylic acids is 3. The van der Waals surface area contributed by atoms with Crippen LogP contribution in [0.2, 0.25) is 0 Å². The number of benzene rings is 2. The number of nitrogens with one attached hydrogen (secondary N) is 2. The number of aromatic nitrogens is 4. The average molecular weight is 409 g/mol. The number of imide groups is 1. The van der Waals surface area contributed by atoms with Crippen molar-refractivity contribution in [1.29, 1.82) is 0 Å². The van der Waals surface area contributed by atoms with Gasteiger partial charge in [0.15, 0.2) is 0 Å². The molecule has 1 atom stereocenters. The lowest BCUT2D eigenvalue weighted by Crippen LogP contribution is -2.42. The van der Waals surface area contributed by atoms with Crippen LogP contribution in [0.5, 0.6) is 0 Å². The number of hydrogen-bond donors (Lipinski definition) is 2. The summed E-state index contributed by atoms with van der Waals surface area (Å²) < 4.78 is 14.4. The molecule has 0 aliphatic carbocycles. The topological polar surface area (TPSA) is 122 Å². The van der Waals surface area contributed by atoms with Crippen LogP contribution in [0, 0.1) is 5.82 Å². The van der Waals surface area contributed by atoms with Gasteiger partial charge in [-0.2, -0.15) is 0 Å². The lowest BCUT2D eigenvalue weighted by Gasteiger charge is -2.22. The van der Waals surface area contributed by atoms with E-state index in [4.69, 9.17) is 0 Å². The summed E-state index contributed by atoms with van der Waals surface area (Å²) >= 11 is 0. The summed E-state index contributed by atoms with van der Waals surface area (Å²) in [5.74, 6) is -1.60. The van der Waals surface area contributed by atoms with Crippen molar-refractivity contribution in [2.24, 2.45) is 0 Å². The zero-order valence-corrected chi connectivity index (χ0v) is 15.7. The second kappa shape index (κ2) is 7.35. The van der Waals surface area contributed by atoms with Crippen LogP contribution in [-0.4, -0.2) is 49.5 Å². The molecular formula is C19H16FN7O3. The van der Waals surface area contributed by atoms with Crippen molar-refractivity contribution in [3.8, 4) is 5.69 Å². The number of tetrazole rings is 1. The first kappa shape index (κ1) is 19.2. The zero-order valence-electron chi connectivity index (χ0n) is 15.7. The summed E-state index contributed by atoms with van der Waals surface area (Å²) in [7, 11) is 0. The maximum absolute atomic E-state index is 13.0. The van der Waals surface area contributed by atoms with Crippen molar-refractivity contribution in [2.75, 3.05) is 11.9 Å². The second-order valence-electron chi connectivity index (χ2n) is 6.81. The number of anilines is 1. The Morgan fingerprint density at radius 2 is 1.97 bits per heavy atom. The SMILES string of the molecule is C[C@]1(c2cccc(-n3cnnn3)c2)NC(=O)N(CC(=O)Nc2ccc(F)cc2)C1=O. The summed E-state index contributed by atoms with van der Waals surface area (Å²) in [6.07, 6.45) is 1.41. The highest BCUT2D eigenvalue weighted by Crippen LogP contribution is 2.29. The summed E-state index contributed by atoms with van der Waals surface area (Å²) in [6, 6.07) is 11.3. The number of amides is 4. The lowest BCUT2D eigenvalue weighted by molar-refractivity contribution is -0.133. The highest BCUT2D eigenvalue weighted by Gasteiger charge is 2.49. The minimum Gasteiger partial charge on any atom is -0.325 e. The van der Waals surface area contributed by atoms with Gasteiger partial charge in [0.1, 0.15) is 24.2 Å². The Morgan fingerprint density at radius 3 is 2.67 bits per heavy atom. The number of nitrogens with zero attached hydrogens (tertiary/aromatic N) is 5. The predicted octanol–water partition coefficient (Wildman–Crippen LogP) is 1.21. The third kappa shape index (κ3) is 3.48. The Balaban J connectivity index is 1.52. The maximum atomic E-state index is 13.0. The molecule has 1 saturated heterocycles. The van der Waals surface area contributed by atoms with E-state index < -0.39 is 35.7 Å². The Kier molecular flexibility index (Phi) is 4.70. The second-order valence-corrected chi connectivity index (χ2v) is 6.81. The first-order valence-electron chi connectivity index (χ1n) is 8.90. The molecule has 3 aromatic rings. The number of halogens is 1. The van der Waals surface area contributed by atoms with E-state index in [1.54, 1.807) is 31.2 Å². The molecule has 2 aromatic carbocycles. The van der Waals surface area contributed by atoms with E-state index >= 15 is 0 Å². The number of hydrogen-bond acceptors (Lipinski definition) is 6. The van der Waals surface area contributed by atoms with Gasteiger partial charge in [-0.15, -0.1) is 5.10 Å². The molecule has 4 amide bonds. The van der Waals surface area contributed by atoms with Gasteiger partial charge < -0.3 is 10.6 Å². The van der Waals surface area contributed by atoms with E-state index in [0.29, 0.717) is 16.9 Å². The minimum absolute atomic E-state index is 0.352. The first-order chi connectivity index (χ1) is 14.4. The minimum atomic E-state index is -1.36. The summed E-state index contributed by atoms with van der Waals surface area (Å²) in [5.41, 5.74) is 0.103. The molecule has 1 aromatic heterocycles. The number of urea groups is 1. The maximum Gasteiger partial charge on any atom is 0.325 e. The van der Waals surface area contributed by atoms with Gasteiger partial charge in [0.05, 0.1) is 5.69 Å². The van der Waals surface area contributed by atoms with Crippen molar-refractivity contribution in [2.45, 2.75) is 12.5 Å². The predicted molar refractivity (Wildman–Crippen MR) is 102 cm³/mol. The summed E-state index contributed by atoms with van der Waals surface area (Å²) in [4.78, 5) is 38.6. The smallest absolute Gasteiger partial charge is 0.325 e. The standard InChI is InChI=1S/C19H16FN7O3/c1-19(12-3-2-4-15(9-12)27-11-21-24-25-27)17(29)26(18(30)23-19)10-16(28)22-14-7-5-13(20)6-8-14/h2-9,11H,10H2,1H3,(H,22,28)(H,23,30)/t19-/m1/s1. The molecule has 0 bridgehead atoms. The van der Waals surface area contributed by atoms with Gasteiger partial charge in [0.2, 0.25) is 5.91 Å². The summed E-state index contributed by atoms with van der Waals surface area (Å²) in [6.45, 7) is 1.08. The molecule has 30 heavy (non-hydrogen) atoms. The van der Waals surface area contributed by atoms with Crippen molar-refractivity contribution < 1.29 is 18.8 Å². The fourth-order valence-corrected chi connectivity index (χ4v) is 3.15. The van der Waals surface area contributed by atoms with E-state index in [-0.39, 0.29) is 0 Å². The molecule has 1 aliphatic rings. The zero-order chi connectivity index (χ0) is 21.3. The van der Waals surface area contributed by atoms with E-state index in [9.17, 15) is 18.8 Å². The van der Waals surface area contributed by atoms with Crippen molar-refractivity contribution in [1.82, 2.24) is 30.4 Å². The molecular weight excluding hydrogens is 393 g/mol. The normalized spacial score (nSPS) is 18.4. The molecule has 4 rings (SSSR count). The fraction of sp³-hybridized carbons (Fsp3) is 0.158. The molecule has 0 radical (unpaired) electrons. The third-order valence-electron chi connectivity index (χ3n) is 4.74. The van der Waals surface area contributed by atoms with Gasteiger partial charge in [0.25, 0.3) is 5.91 Å². The van der Waals surface area contributed by atoms with Crippen LogP contribution in [-0.2, 0) is 15.1 Å². The average Bonchev–Trinajstić information content (AvgIpc) is 3.34. The quantitative estimate of drug-likeness (QED) is 0.611. The van der Waals surface area contributed by atoms with E-state index in [1.165, 1.54) is 35.3 Å². The molecule has 152 valence electrons. The van der Waals surface area contributed by atoms with Crippen LogP contribution >= 0.6 is 0 Å². The first-order valence-corrected chi connectivity index (χ1v) is 8.90. The molecule has 1 aliphatic heterocycles. The van der Waals surface area contributed by atoms with E-state index in [1.807, 2.05) is 0 Å². The fourth-order valence-electron chi connectivity index (χ4n) is 3.15. The van der Waals surface area contributed by atoms with E-state index in [0.717, 1.165) is 4.90 Å². The number of carbonyl (C=O) groups is 3. The molecule has 1 fully saturated rings. The van der Waals surface area contributed by atoms with E-state index in [2.05, 4.69) is 26.2 Å². The van der Waals surface area contributed by atoms with Gasteiger partial charge >= 0.3 is 6.03 Å². The monoisotopic (exact) mass is 409 g/mol. The molecule has 2 N–H and O–H groups in total. The van der Waals surface area contributed by atoms with Crippen LogP contribution in [0.1, 0.15) is 12.5 Å². The largest absolute Gasteiger partial charge is 0.325 e. The highest BCUT2D eigenvalue weighted by molar-refractivity contribution is 6.10. The van der Waals surface area contributed by atoms with Crippen molar-refractivity contribution >= 4 is 23.5 Å². The summed E-state index contributed by atoms with van der Waals surface area (Å²) in [5, 5.41) is 16.1. The molecule has 10 nitrogen and oxygen atoms in total. The van der Waals surface area contributed by atoms with Gasteiger partial charge in [-0.1, -0.05) is 12.1 Å². The molecule has 2 heterocycles. The van der Waals surface area contributed by atoms with Gasteiger partial charge in [-0.25, -0.2) is 13.9 Å². The Labute approximate surface area is 169 Å². The number of rotatable bonds is 5. The van der Waals surface area contributed by atoms with Crippen molar-refractivity contribution in [3.05, 3.63) is 66.2 Å². The third-order valence-corrected chi connectivity index (χ3v) is 4.74. The lowest BCUT2D eigenvalue weighted by atomic mass is 9.91. The Hall–Kier alpha value is -4.15. The Morgan fingerprint density at radius 1 is 1.20 bits per heavy atom. The highest BCUT2D eigenvalue weighted by atomic mass is 19.1.